The standard InChI is InChI=1S/C14H14BrF2NO/c1-2-18-13(11-5-6-19-14(11)15)8-9-7-10(16)3-4-12(9)17/h3-7,13,18H,2,8H2,1H3. The number of hydrogen-bond acceptors (Lipinski definition) is 2. The van der Waals surface area contributed by atoms with E-state index in [-0.39, 0.29) is 6.04 Å². The Labute approximate surface area is 118 Å². The van der Waals surface area contributed by atoms with Gasteiger partial charge in [0.25, 0.3) is 0 Å². The summed E-state index contributed by atoms with van der Waals surface area (Å²) in [6, 6.07) is 5.18. The molecule has 0 saturated carbocycles. The average molecular weight is 330 g/mol. The van der Waals surface area contributed by atoms with E-state index >= 15 is 0 Å². The molecule has 102 valence electrons. The highest BCUT2D eigenvalue weighted by Gasteiger charge is 2.18. The van der Waals surface area contributed by atoms with Crippen molar-refractivity contribution in [1.29, 1.82) is 0 Å². The number of nitrogens with one attached hydrogen (secondary N) is 1. The summed E-state index contributed by atoms with van der Waals surface area (Å²) in [5.74, 6) is -0.832. The second-order valence-electron chi connectivity index (χ2n) is 4.20. The van der Waals surface area contributed by atoms with Crippen molar-refractivity contribution in [2.24, 2.45) is 0 Å². The molecule has 0 spiro atoms. The second kappa shape index (κ2) is 6.30. The van der Waals surface area contributed by atoms with Crippen molar-refractivity contribution >= 4 is 15.9 Å². The number of halogens is 3. The Kier molecular flexibility index (Phi) is 4.71. The van der Waals surface area contributed by atoms with Gasteiger partial charge in [-0.2, -0.15) is 0 Å². The van der Waals surface area contributed by atoms with Crippen LogP contribution in [0.2, 0.25) is 0 Å². The lowest BCUT2D eigenvalue weighted by molar-refractivity contribution is 0.496. The molecule has 0 aliphatic rings. The van der Waals surface area contributed by atoms with Gasteiger partial charge in [-0.05, 0) is 58.7 Å². The van der Waals surface area contributed by atoms with Gasteiger partial charge in [-0.3, -0.25) is 0 Å². The Morgan fingerprint density at radius 3 is 2.74 bits per heavy atom. The summed E-state index contributed by atoms with van der Waals surface area (Å²) in [5, 5.41) is 3.24. The van der Waals surface area contributed by atoms with Crippen LogP contribution < -0.4 is 5.32 Å². The molecule has 0 radical (unpaired) electrons. The maximum absolute atomic E-state index is 13.7. The normalized spacial score (nSPS) is 12.6. The van der Waals surface area contributed by atoms with E-state index in [1.807, 2.05) is 13.0 Å². The zero-order chi connectivity index (χ0) is 13.8. The number of rotatable bonds is 5. The fourth-order valence-corrected chi connectivity index (χ4v) is 2.53. The molecule has 0 aliphatic carbocycles. The molecule has 1 N–H and O–H groups in total. The summed E-state index contributed by atoms with van der Waals surface area (Å²) < 4.78 is 32.7. The highest BCUT2D eigenvalue weighted by molar-refractivity contribution is 9.10. The summed E-state index contributed by atoms with van der Waals surface area (Å²) in [6.07, 6.45) is 1.92. The van der Waals surface area contributed by atoms with Crippen molar-refractivity contribution in [1.82, 2.24) is 5.32 Å². The van der Waals surface area contributed by atoms with Gasteiger partial charge in [0.05, 0.1) is 6.26 Å². The number of likely N-dealkylation sites (N-methyl/N-ethyl adjacent to an activating group) is 1. The molecular formula is C14H14BrF2NO. The Morgan fingerprint density at radius 1 is 1.32 bits per heavy atom. The lowest BCUT2D eigenvalue weighted by Crippen LogP contribution is -2.23. The third kappa shape index (κ3) is 3.42. The first-order chi connectivity index (χ1) is 9.11. The van der Waals surface area contributed by atoms with Crippen LogP contribution in [0.5, 0.6) is 0 Å². The molecule has 0 aliphatic heterocycles. The minimum absolute atomic E-state index is 0.130. The molecule has 0 saturated heterocycles. The summed E-state index contributed by atoms with van der Waals surface area (Å²) >= 11 is 3.31. The molecule has 1 unspecified atom stereocenters. The SMILES string of the molecule is CCNC(Cc1cc(F)ccc1F)c1ccoc1Br. The van der Waals surface area contributed by atoms with Crippen LogP contribution in [0.1, 0.15) is 24.1 Å². The predicted molar refractivity (Wildman–Crippen MR) is 72.9 cm³/mol. The van der Waals surface area contributed by atoms with Crippen molar-refractivity contribution in [3.05, 3.63) is 58.0 Å². The summed E-state index contributed by atoms with van der Waals surface area (Å²) in [4.78, 5) is 0. The molecule has 2 nitrogen and oxygen atoms in total. The van der Waals surface area contributed by atoms with Gasteiger partial charge < -0.3 is 9.73 Å². The first kappa shape index (κ1) is 14.2. The van der Waals surface area contributed by atoms with Crippen LogP contribution >= 0.6 is 15.9 Å². The molecular weight excluding hydrogens is 316 g/mol. The third-order valence-electron chi connectivity index (χ3n) is 2.90. The fraction of sp³-hybridized carbons (Fsp3) is 0.286. The van der Waals surface area contributed by atoms with Gasteiger partial charge in [0, 0.05) is 11.6 Å². The number of furan rings is 1. The van der Waals surface area contributed by atoms with Crippen molar-refractivity contribution in [3.63, 3.8) is 0 Å². The van der Waals surface area contributed by atoms with Crippen molar-refractivity contribution in [2.45, 2.75) is 19.4 Å². The van der Waals surface area contributed by atoms with E-state index in [2.05, 4.69) is 21.2 Å². The molecule has 1 aromatic heterocycles. The number of benzene rings is 1. The third-order valence-corrected chi connectivity index (χ3v) is 3.55. The van der Waals surface area contributed by atoms with Crippen molar-refractivity contribution in [3.8, 4) is 0 Å². The molecule has 2 aromatic rings. The predicted octanol–water partition coefficient (Wildman–Crippen LogP) is 4.21. The minimum Gasteiger partial charge on any atom is -0.457 e. The Morgan fingerprint density at radius 2 is 2.11 bits per heavy atom. The van der Waals surface area contributed by atoms with Crippen molar-refractivity contribution < 1.29 is 13.2 Å². The van der Waals surface area contributed by atoms with Crippen LogP contribution in [0.15, 0.2) is 39.6 Å². The average Bonchev–Trinajstić information content (AvgIpc) is 2.79. The topological polar surface area (TPSA) is 25.2 Å². The van der Waals surface area contributed by atoms with Crippen LogP contribution in [-0.4, -0.2) is 6.54 Å². The van der Waals surface area contributed by atoms with Crippen molar-refractivity contribution in [2.75, 3.05) is 6.54 Å². The summed E-state index contributed by atoms with van der Waals surface area (Å²) in [5.41, 5.74) is 1.24. The lowest BCUT2D eigenvalue weighted by Gasteiger charge is -2.17. The quantitative estimate of drug-likeness (QED) is 0.888. The van der Waals surface area contributed by atoms with E-state index in [9.17, 15) is 8.78 Å². The maximum atomic E-state index is 13.7. The van der Waals surface area contributed by atoms with E-state index in [0.717, 1.165) is 24.2 Å². The minimum atomic E-state index is -0.432. The molecule has 1 heterocycles. The van der Waals surface area contributed by atoms with Crippen LogP contribution in [0.25, 0.3) is 0 Å². The first-order valence-corrected chi connectivity index (χ1v) is 6.81. The van der Waals surface area contributed by atoms with Gasteiger partial charge in [0.2, 0.25) is 0 Å². The molecule has 19 heavy (non-hydrogen) atoms. The smallest absolute Gasteiger partial charge is 0.173 e. The molecule has 0 amide bonds. The summed E-state index contributed by atoms with van der Waals surface area (Å²) in [7, 11) is 0. The fourth-order valence-electron chi connectivity index (χ4n) is 2.01. The summed E-state index contributed by atoms with van der Waals surface area (Å²) in [6.45, 7) is 2.68. The Bertz CT molecular complexity index is 556. The first-order valence-electron chi connectivity index (χ1n) is 6.02. The highest BCUT2D eigenvalue weighted by atomic mass is 79.9. The zero-order valence-corrected chi connectivity index (χ0v) is 12.0. The second-order valence-corrected chi connectivity index (χ2v) is 4.92. The van der Waals surface area contributed by atoms with Gasteiger partial charge in [-0.15, -0.1) is 0 Å². The highest BCUT2D eigenvalue weighted by Crippen LogP contribution is 2.28. The molecule has 1 atom stereocenters. The molecule has 0 fully saturated rings. The van der Waals surface area contributed by atoms with Gasteiger partial charge in [-0.1, -0.05) is 6.92 Å². The number of hydrogen-bond donors (Lipinski definition) is 1. The van der Waals surface area contributed by atoms with Crippen LogP contribution in [0.4, 0.5) is 8.78 Å². The molecule has 5 heteroatoms. The van der Waals surface area contributed by atoms with E-state index in [1.54, 1.807) is 6.26 Å². The van der Waals surface area contributed by atoms with E-state index in [1.165, 1.54) is 6.07 Å². The Hall–Kier alpha value is -1.20. The van der Waals surface area contributed by atoms with Gasteiger partial charge >= 0.3 is 0 Å². The molecule has 1 aromatic carbocycles. The largest absolute Gasteiger partial charge is 0.457 e. The van der Waals surface area contributed by atoms with E-state index in [0.29, 0.717) is 16.7 Å². The lowest BCUT2D eigenvalue weighted by atomic mass is 10.0. The monoisotopic (exact) mass is 329 g/mol. The maximum Gasteiger partial charge on any atom is 0.173 e. The zero-order valence-electron chi connectivity index (χ0n) is 10.4. The molecule has 0 bridgehead atoms. The van der Waals surface area contributed by atoms with Crippen LogP contribution in [0.3, 0.4) is 0 Å². The molecule has 2 rings (SSSR count). The van der Waals surface area contributed by atoms with E-state index in [4.69, 9.17) is 4.42 Å². The Balaban J connectivity index is 2.26. The van der Waals surface area contributed by atoms with Crippen LogP contribution in [0, 0.1) is 11.6 Å². The van der Waals surface area contributed by atoms with Gasteiger partial charge in [0.1, 0.15) is 11.6 Å². The van der Waals surface area contributed by atoms with Gasteiger partial charge in [0.15, 0.2) is 4.67 Å². The van der Waals surface area contributed by atoms with Gasteiger partial charge in [-0.25, -0.2) is 8.78 Å². The van der Waals surface area contributed by atoms with Crippen LogP contribution in [-0.2, 0) is 6.42 Å². The van der Waals surface area contributed by atoms with E-state index < -0.39 is 11.6 Å².